The van der Waals surface area contributed by atoms with Crippen molar-refractivity contribution in [2.45, 2.75) is 27.2 Å². The molecule has 1 aromatic carbocycles. The molecule has 0 spiro atoms. The molecular weight excluding hydrogens is 338 g/mol. The molecule has 1 saturated carbocycles. The van der Waals surface area contributed by atoms with Gasteiger partial charge >= 0.3 is 0 Å². The lowest BCUT2D eigenvalue weighted by molar-refractivity contribution is 0.195. The maximum Gasteiger partial charge on any atom is 0.202 e. The van der Waals surface area contributed by atoms with E-state index in [-0.39, 0.29) is 0 Å². The molecule has 1 fully saturated rings. The Bertz CT molecular complexity index is 778. The van der Waals surface area contributed by atoms with E-state index >= 15 is 0 Å². The van der Waals surface area contributed by atoms with Crippen LogP contribution >= 0.6 is 22.9 Å². The number of anilines is 1. The average Bonchev–Trinajstić information content (AvgIpc) is 3.24. The average molecular weight is 360 g/mol. The highest BCUT2D eigenvalue weighted by molar-refractivity contribution is 7.14. The van der Waals surface area contributed by atoms with Crippen molar-refractivity contribution < 1.29 is 0 Å². The Labute approximate surface area is 152 Å². The number of allylic oxidation sites excluding steroid dienone is 2. The number of hydrazine groups is 1. The van der Waals surface area contributed by atoms with Crippen molar-refractivity contribution in [1.82, 2.24) is 10.4 Å². The van der Waals surface area contributed by atoms with Gasteiger partial charge in [0.1, 0.15) is 0 Å². The molecule has 2 bridgehead atoms. The van der Waals surface area contributed by atoms with Gasteiger partial charge in [-0.05, 0) is 35.8 Å². The SMILES string of the molecule is C[C@H]1[C@@H]2C=C(NNc3nc(-c4ccc(Cl)cc4)cs3)[C@@H](C2)C1(C)C. The van der Waals surface area contributed by atoms with Crippen molar-refractivity contribution in [3.05, 3.63) is 46.4 Å². The van der Waals surface area contributed by atoms with Gasteiger partial charge in [-0.15, -0.1) is 11.3 Å². The van der Waals surface area contributed by atoms with Gasteiger partial charge in [0, 0.05) is 27.6 Å². The third kappa shape index (κ3) is 2.62. The second kappa shape index (κ2) is 5.78. The van der Waals surface area contributed by atoms with Gasteiger partial charge in [-0.2, -0.15) is 0 Å². The van der Waals surface area contributed by atoms with Crippen molar-refractivity contribution >= 4 is 28.1 Å². The van der Waals surface area contributed by atoms with Crippen LogP contribution < -0.4 is 10.9 Å². The highest BCUT2D eigenvalue weighted by Crippen LogP contribution is 2.57. The fraction of sp³-hybridized carbons (Fsp3) is 0.421. The smallest absolute Gasteiger partial charge is 0.202 e. The number of aromatic nitrogens is 1. The minimum Gasteiger partial charge on any atom is -0.303 e. The van der Waals surface area contributed by atoms with E-state index in [1.807, 2.05) is 24.3 Å². The van der Waals surface area contributed by atoms with Crippen LogP contribution in [0.3, 0.4) is 0 Å². The van der Waals surface area contributed by atoms with Gasteiger partial charge in [-0.25, -0.2) is 4.98 Å². The molecule has 2 aliphatic carbocycles. The number of hydrogen-bond acceptors (Lipinski definition) is 4. The highest BCUT2D eigenvalue weighted by atomic mass is 35.5. The normalized spacial score (nSPS) is 27.2. The number of fused-ring (bicyclic) bond motifs is 2. The van der Waals surface area contributed by atoms with Crippen LogP contribution in [0.5, 0.6) is 0 Å². The molecule has 24 heavy (non-hydrogen) atoms. The molecule has 3 nitrogen and oxygen atoms in total. The number of benzene rings is 1. The molecule has 2 aromatic rings. The molecule has 0 saturated heterocycles. The first-order valence-corrected chi connectivity index (χ1v) is 9.66. The van der Waals surface area contributed by atoms with Crippen LogP contribution in [0.25, 0.3) is 11.3 Å². The van der Waals surface area contributed by atoms with Crippen molar-refractivity contribution in [3.63, 3.8) is 0 Å². The summed E-state index contributed by atoms with van der Waals surface area (Å²) in [7, 11) is 0. The first kappa shape index (κ1) is 16.0. The Hall–Kier alpha value is -1.52. The first-order chi connectivity index (χ1) is 11.4. The van der Waals surface area contributed by atoms with Crippen molar-refractivity contribution in [3.8, 4) is 11.3 Å². The summed E-state index contributed by atoms with van der Waals surface area (Å²) in [6, 6.07) is 7.78. The lowest BCUT2D eigenvalue weighted by Gasteiger charge is -2.36. The number of halogens is 1. The molecule has 4 rings (SSSR count). The summed E-state index contributed by atoms with van der Waals surface area (Å²) in [5.74, 6) is 2.07. The molecule has 2 N–H and O–H groups in total. The van der Waals surface area contributed by atoms with E-state index in [1.165, 1.54) is 12.1 Å². The van der Waals surface area contributed by atoms with Gasteiger partial charge in [0.05, 0.1) is 5.69 Å². The lowest BCUT2D eigenvalue weighted by atomic mass is 9.71. The number of hydrogen-bond donors (Lipinski definition) is 2. The van der Waals surface area contributed by atoms with Gasteiger partial charge in [-0.1, -0.05) is 50.6 Å². The predicted molar refractivity (Wildman–Crippen MR) is 102 cm³/mol. The molecule has 2 aliphatic rings. The van der Waals surface area contributed by atoms with Crippen molar-refractivity contribution in [2.75, 3.05) is 5.43 Å². The minimum absolute atomic E-state index is 0.362. The summed E-state index contributed by atoms with van der Waals surface area (Å²) < 4.78 is 0. The van der Waals surface area contributed by atoms with Crippen LogP contribution in [0.1, 0.15) is 27.2 Å². The Kier molecular flexibility index (Phi) is 3.85. The molecule has 0 amide bonds. The van der Waals surface area contributed by atoms with Crippen LogP contribution in [-0.4, -0.2) is 4.98 Å². The molecule has 0 aliphatic heterocycles. The van der Waals surface area contributed by atoms with Crippen LogP contribution in [0.2, 0.25) is 5.02 Å². The van der Waals surface area contributed by atoms with E-state index in [1.54, 1.807) is 11.3 Å². The number of nitrogens with zero attached hydrogens (tertiary/aromatic N) is 1. The summed E-state index contributed by atoms with van der Waals surface area (Å²) in [5, 5.41) is 3.69. The zero-order chi connectivity index (χ0) is 16.9. The molecule has 0 unspecified atom stereocenters. The van der Waals surface area contributed by atoms with Gasteiger partial charge in [0.15, 0.2) is 0 Å². The fourth-order valence-electron chi connectivity index (χ4n) is 4.07. The second-order valence-electron chi connectivity index (χ2n) is 7.48. The second-order valence-corrected chi connectivity index (χ2v) is 8.77. The molecule has 5 heteroatoms. The van der Waals surface area contributed by atoms with Gasteiger partial charge in [0.25, 0.3) is 0 Å². The molecule has 126 valence electrons. The first-order valence-electron chi connectivity index (χ1n) is 8.40. The molecule has 1 aromatic heterocycles. The maximum absolute atomic E-state index is 5.94. The maximum atomic E-state index is 5.94. The summed E-state index contributed by atoms with van der Waals surface area (Å²) in [6.45, 7) is 7.16. The van der Waals surface area contributed by atoms with E-state index < -0.39 is 0 Å². The standard InChI is InChI=1S/C19H22ClN3S/c1-11-13-8-15(19(11,2)3)16(9-13)22-23-18-21-17(10-24-18)12-4-6-14(20)7-5-12/h4-7,9-11,13,15,22H,8H2,1-3H3,(H,21,23)/t11-,13-,15+/m0/s1. The fourth-order valence-corrected chi connectivity index (χ4v) is 4.87. The quantitative estimate of drug-likeness (QED) is 0.700. The van der Waals surface area contributed by atoms with Crippen LogP contribution in [0, 0.1) is 23.2 Å². The summed E-state index contributed by atoms with van der Waals surface area (Å²) in [6.07, 6.45) is 3.67. The minimum atomic E-state index is 0.362. The van der Waals surface area contributed by atoms with Gasteiger partial charge in [-0.3, -0.25) is 5.43 Å². The molecule has 3 atom stereocenters. The number of thiazole rings is 1. The molecule has 0 radical (unpaired) electrons. The Morgan fingerprint density at radius 2 is 1.96 bits per heavy atom. The number of rotatable bonds is 4. The van der Waals surface area contributed by atoms with Gasteiger partial charge < -0.3 is 5.43 Å². The Balaban J connectivity index is 1.44. The predicted octanol–water partition coefficient (Wildman–Crippen LogP) is 5.58. The largest absolute Gasteiger partial charge is 0.303 e. The molecule has 1 heterocycles. The summed E-state index contributed by atoms with van der Waals surface area (Å²) in [5.41, 5.74) is 10.4. The van der Waals surface area contributed by atoms with E-state index in [0.29, 0.717) is 17.3 Å². The third-order valence-electron chi connectivity index (χ3n) is 5.95. The number of nitrogens with one attached hydrogen (secondary N) is 2. The van der Waals surface area contributed by atoms with Crippen LogP contribution in [-0.2, 0) is 0 Å². The van der Waals surface area contributed by atoms with E-state index in [0.717, 1.165) is 27.3 Å². The van der Waals surface area contributed by atoms with Crippen molar-refractivity contribution in [2.24, 2.45) is 23.2 Å². The van der Waals surface area contributed by atoms with Crippen LogP contribution in [0.15, 0.2) is 41.4 Å². The van der Waals surface area contributed by atoms with Crippen molar-refractivity contribution in [1.29, 1.82) is 0 Å². The monoisotopic (exact) mass is 359 g/mol. The van der Waals surface area contributed by atoms with E-state index in [2.05, 4.69) is 48.1 Å². The third-order valence-corrected chi connectivity index (χ3v) is 6.96. The summed E-state index contributed by atoms with van der Waals surface area (Å²) in [4.78, 5) is 4.66. The van der Waals surface area contributed by atoms with E-state index in [4.69, 9.17) is 11.6 Å². The van der Waals surface area contributed by atoms with Gasteiger partial charge in [0.2, 0.25) is 5.13 Å². The summed E-state index contributed by atoms with van der Waals surface area (Å²) >= 11 is 7.55. The Morgan fingerprint density at radius 1 is 1.21 bits per heavy atom. The van der Waals surface area contributed by atoms with Crippen LogP contribution in [0.4, 0.5) is 5.13 Å². The Morgan fingerprint density at radius 3 is 2.62 bits per heavy atom. The zero-order valence-electron chi connectivity index (χ0n) is 14.1. The topological polar surface area (TPSA) is 37.0 Å². The zero-order valence-corrected chi connectivity index (χ0v) is 15.7. The molecular formula is C19H22ClN3S. The van der Waals surface area contributed by atoms with E-state index in [9.17, 15) is 0 Å². The highest BCUT2D eigenvalue weighted by Gasteiger charge is 2.51. The lowest BCUT2D eigenvalue weighted by Crippen LogP contribution is -2.35.